The van der Waals surface area contributed by atoms with Crippen LogP contribution in [0.2, 0.25) is 0 Å². The van der Waals surface area contributed by atoms with Crippen LogP contribution in [0, 0.1) is 5.41 Å². The zero-order valence-corrected chi connectivity index (χ0v) is 10.2. The molecule has 1 heterocycles. The van der Waals surface area contributed by atoms with Gasteiger partial charge in [-0.05, 0) is 24.3 Å². The first-order chi connectivity index (χ1) is 8.00. The molecule has 1 aliphatic rings. The fourth-order valence-corrected chi connectivity index (χ4v) is 2.41. The highest BCUT2D eigenvalue weighted by atomic mass is 16.3. The SMILES string of the molecule is CC1(C)CCCC1NC(=O)c1ccncc1O. The predicted octanol–water partition coefficient (Wildman–Crippen LogP) is 2.10. The molecule has 1 aliphatic carbocycles. The molecule has 1 amide bonds. The van der Waals surface area contributed by atoms with Gasteiger partial charge in [-0.2, -0.15) is 0 Å². The van der Waals surface area contributed by atoms with E-state index in [9.17, 15) is 9.90 Å². The number of nitrogens with zero attached hydrogens (tertiary/aromatic N) is 1. The van der Waals surface area contributed by atoms with E-state index in [1.165, 1.54) is 18.5 Å². The maximum Gasteiger partial charge on any atom is 0.255 e. The molecule has 0 spiro atoms. The van der Waals surface area contributed by atoms with Crippen molar-refractivity contribution in [1.29, 1.82) is 0 Å². The Labute approximate surface area is 101 Å². The molecule has 1 unspecified atom stereocenters. The van der Waals surface area contributed by atoms with Crippen LogP contribution in [0.1, 0.15) is 43.5 Å². The number of pyridine rings is 1. The van der Waals surface area contributed by atoms with E-state index in [0.29, 0.717) is 5.56 Å². The Hall–Kier alpha value is -1.58. The van der Waals surface area contributed by atoms with Crippen molar-refractivity contribution in [3.8, 4) is 5.75 Å². The first-order valence-electron chi connectivity index (χ1n) is 5.94. The Morgan fingerprint density at radius 3 is 2.94 bits per heavy atom. The minimum absolute atomic E-state index is 0.0687. The lowest BCUT2D eigenvalue weighted by atomic mass is 9.87. The number of nitrogens with one attached hydrogen (secondary N) is 1. The minimum atomic E-state index is -0.218. The number of hydrogen-bond donors (Lipinski definition) is 2. The van der Waals surface area contributed by atoms with Crippen LogP contribution in [0.4, 0.5) is 0 Å². The van der Waals surface area contributed by atoms with Crippen molar-refractivity contribution >= 4 is 5.91 Å². The van der Waals surface area contributed by atoms with Gasteiger partial charge in [-0.15, -0.1) is 0 Å². The first-order valence-corrected chi connectivity index (χ1v) is 5.94. The fourth-order valence-electron chi connectivity index (χ4n) is 2.41. The summed E-state index contributed by atoms with van der Waals surface area (Å²) in [5, 5.41) is 12.6. The molecule has 2 N–H and O–H groups in total. The van der Waals surface area contributed by atoms with Gasteiger partial charge in [-0.1, -0.05) is 20.3 Å². The summed E-state index contributed by atoms with van der Waals surface area (Å²) >= 11 is 0. The number of hydrogen-bond acceptors (Lipinski definition) is 3. The highest BCUT2D eigenvalue weighted by molar-refractivity contribution is 5.96. The molecular formula is C13H18N2O2. The van der Waals surface area contributed by atoms with Crippen LogP contribution in [0.3, 0.4) is 0 Å². The van der Waals surface area contributed by atoms with E-state index in [1.54, 1.807) is 0 Å². The van der Waals surface area contributed by atoms with Crippen molar-refractivity contribution in [2.75, 3.05) is 0 Å². The van der Waals surface area contributed by atoms with E-state index >= 15 is 0 Å². The highest BCUT2D eigenvalue weighted by Crippen LogP contribution is 2.37. The second-order valence-electron chi connectivity index (χ2n) is 5.30. The third-order valence-electron chi connectivity index (χ3n) is 3.61. The Bertz CT molecular complexity index is 429. The normalized spacial score (nSPS) is 22.4. The predicted molar refractivity (Wildman–Crippen MR) is 64.8 cm³/mol. The molecule has 4 nitrogen and oxygen atoms in total. The molecule has 17 heavy (non-hydrogen) atoms. The standard InChI is InChI=1S/C13H18N2O2/c1-13(2)6-3-4-11(13)15-12(17)9-5-7-14-8-10(9)16/h5,7-8,11,16H,3-4,6H2,1-2H3,(H,15,17). The van der Waals surface area contributed by atoms with Gasteiger partial charge in [0.05, 0.1) is 11.8 Å². The molecule has 2 rings (SSSR count). The summed E-state index contributed by atoms with van der Waals surface area (Å²) in [6.45, 7) is 4.33. The number of rotatable bonds is 2. The van der Waals surface area contributed by atoms with Gasteiger partial charge >= 0.3 is 0 Å². The van der Waals surface area contributed by atoms with Gasteiger partial charge in [-0.25, -0.2) is 0 Å². The molecule has 1 aromatic rings. The van der Waals surface area contributed by atoms with Crippen LogP contribution in [0.25, 0.3) is 0 Å². The van der Waals surface area contributed by atoms with Gasteiger partial charge in [-0.3, -0.25) is 9.78 Å². The molecule has 0 saturated heterocycles. The number of amides is 1. The summed E-state index contributed by atoms with van der Waals surface area (Å²) in [6.07, 6.45) is 6.06. The lowest BCUT2D eigenvalue weighted by Crippen LogP contribution is -2.41. The molecule has 0 aromatic carbocycles. The van der Waals surface area contributed by atoms with E-state index < -0.39 is 0 Å². The molecule has 1 fully saturated rings. The molecule has 0 aliphatic heterocycles. The van der Waals surface area contributed by atoms with Crippen molar-refractivity contribution in [2.24, 2.45) is 5.41 Å². The Morgan fingerprint density at radius 1 is 1.59 bits per heavy atom. The van der Waals surface area contributed by atoms with Gasteiger partial charge in [0, 0.05) is 12.2 Å². The summed E-state index contributed by atoms with van der Waals surface area (Å²) in [6, 6.07) is 1.72. The van der Waals surface area contributed by atoms with Gasteiger partial charge in [0.1, 0.15) is 5.75 Å². The number of aromatic hydroxyl groups is 1. The fraction of sp³-hybridized carbons (Fsp3) is 0.538. The summed E-state index contributed by atoms with van der Waals surface area (Å²) in [5.74, 6) is -0.286. The molecule has 0 radical (unpaired) electrons. The summed E-state index contributed by atoms with van der Waals surface area (Å²) < 4.78 is 0. The Morgan fingerprint density at radius 2 is 2.35 bits per heavy atom. The van der Waals surface area contributed by atoms with E-state index in [4.69, 9.17) is 0 Å². The second-order valence-corrected chi connectivity index (χ2v) is 5.30. The first kappa shape index (κ1) is 11.9. The monoisotopic (exact) mass is 234 g/mol. The third kappa shape index (κ3) is 2.40. The average molecular weight is 234 g/mol. The van der Waals surface area contributed by atoms with Gasteiger partial charge in [0.15, 0.2) is 0 Å². The summed E-state index contributed by atoms with van der Waals surface area (Å²) in [7, 11) is 0. The topological polar surface area (TPSA) is 62.2 Å². The van der Waals surface area contributed by atoms with Crippen LogP contribution < -0.4 is 5.32 Å². The largest absolute Gasteiger partial charge is 0.505 e. The van der Waals surface area contributed by atoms with Crippen LogP contribution in [-0.4, -0.2) is 22.0 Å². The lowest BCUT2D eigenvalue weighted by molar-refractivity contribution is 0.0907. The number of carbonyl (C=O) groups excluding carboxylic acids is 1. The molecule has 92 valence electrons. The Balaban J connectivity index is 2.10. The highest BCUT2D eigenvalue weighted by Gasteiger charge is 2.35. The van der Waals surface area contributed by atoms with Crippen molar-refractivity contribution in [2.45, 2.75) is 39.2 Å². The van der Waals surface area contributed by atoms with Crippen molar-refractivity contribution in [3.05, 3.63) is 24.0 Å². The molecular weight excluding hydrogens is 216 g/mol. The van der Waals surface area contributed by atoms with Crippen LogP contribution in [0.15, 0.2) is 18.5 Å². The second kappa shape index (κ2) is 4.35. The van der Waals surface area contributed by atoms with E-state index in [0.717, 1.165) is 19.3 Å². The van der Waals surface area contributed by atoms with Crippen LogP contribution in [0.5, 0.6) is 5.75 Å². The maximum absolute atomic E-state index is 12.0. The maximum atomic E-state index is 12.0. The van der Waals surface area contributed by atoms with Crippen LogP contribution in [-0.2, 0) is 0 Å². The number of aromatic nitrogens is 1. The third-order valence-corrected chi connectivity index (χ3v) is 3.61. The van der Waals surface area contributed by atoms with Crippen molar-refractivity contribution < 1.29 is 9.90 Å². The molecule has 1 saturated carbocycles. The zero-order chi connectivity index (χ0) is 12.5. The molecule has 0 bridgehead atoms. The summed E-state index contributed by atoms with van der Waals surface area (Å²) in [4.78, 5) is 15.8. The molecule has 4 heteroatoms. The smallest absolute Gasteiger partial charge is 0.255 e. The van der Waals surface area contributed by atoms with E-state index in [-0.39, 0.29) is 23.1 Å². The van der Waals surface area contributed by atoms with Crippen molar-refractivity contribution in [3.63, 3.8) is 0 Å². The number of carbonyl (C=O) groups is 1. The van der Waals surface area contributed by atoms with Crippen molar-refractivity contribution in [1.82, 2.24) is 10.3 Å². The van der Waals surface area contributed by atoms with E-state index in [1.807, 2.05) is 0 Å². The van der Waals surface area contributed by atoms with Gasteiger partial charge in [0.2, 0.25) is 0 Å². The lowest BCUT2D eigenvalue weighted by Gasteiger charge is -2.27. The summed E-state index contributed by atoms with van der Waals surface area (Å²) in [5.41, 5.74) is 0.431. The Kier molecular flexibility index (Phi) is 3.05. The molecule has 1 aromatic heterocycles. The zero-order valence-electron chi connectivity index (χ0n) is 10.2. The van der Waals surface area contributed by atoms with Crippen LogP contribution >= 0.6 is 0 Å². The van der Waals surface area contributed by atoms with Gasteiger partial charge < -0.3 is 10.4 Å². The molecule has 1 atom stereocenters. The quantitative estimate of drug-likeness (QED) is 0.823. The average Bonchev–Trinajstić information content (AvgIpc) is 2.59. The minimum Gasteiger partial charge on any atom is -0.505 e. The van der Waals surface area contributed by atoms with Gasteiger partial charge in [0.25, 0.3) is 5.91 Å². The van der Waals surface area contributed by atoms with E-state index in [2.05, 4.69) is 24.1 Å².